The van der Waals surface area contributed by atoms with Crippen molar-refractivity contribution in [3.8, 4) is 0 Å². The van der Waals surface area contributed by atoms with Gasteiger partial charge in [-0.3, -0.25) is 28.5 Å². The number of imidazole rings is 1. The van der Waals surface area contributed by atoms with Crippen LogP contribution in [0.5, 0.6) is 0 Å². The lowest BCUT2D eigenvalue weighted by atomic mass is 9.69. The molecule has 5 N–H and O–H groups in total. The van der Waals surface area contributed by atoms with Crippen molar-refractivity contribution < 1.29 is 39.2 Å². The predicted molar refractivity (Wildman–Crippen MR) is 104 cm³/mol. The highest BCUT2D eigenvalue weighted by molar-refractivity contribution is 6.05. The number of hydrogen-bond donors (Lipinski definition) is 4. The molecule has 0 unspecified atom stereocenters. The number of anilines is 1. The highest BCUT2D eigenvalue weighted by atomic mass is 16.6. The molecule has 14 nitrogen and oxygen atoms in total. The van der Waals surface area contributed by atoms with Gasteiger partial charge in [0.25, 0.3) is 5.56 Å². The van der Waals surface area contributed by atoms with Crippen LogP contribution in [0.15, 0.2) is 11.1 Å². The zero-order chi connectivity index (χ0) is 24.4. The van der Waals surface area contributed by atoms with E-state index >= 15 is 0 Å². The highest BCUT2D eigenvalue weighted by Gasteiger charge is 2.80. The van der Waals surface area contributed by atoms with Gasteiger partial charge >= 0.3 is 0 Å². The van der Waals surface area contributed by atoms with Crippen LogP contribution in [0, 0.1) is 0 Å². The molecule has 1 aliphatic rings. The van der Waals surface area contributed by atoms with Crippen molar-refractivity contribution in [3.63, 3.8) is 0 Å². The third kappa shape index (κ3) is 2.45. The van der Waals surface area contributed by atoms with E-state index in [1.165, 1.54) is 0 Å². The fourth-order valence-electron chi connectivity index (χ4n) is 4.27. The molecule has 1 saturated heterocycles. The summed E-state index contributed by atoms with van der Waals surface area (Å²) in [7, 11) is 0. The van der Waals surface area contributed by atoms with Crippen LogP contribution in [-0.2, 0) is 24.8 Å². The van der Waals surface area contributed by atoms with E-state index in [9.17, 15) is 39.3 Å². The van der Waals surface area contributed by atoms with E-state index in [1.54, 1.807) is 0 Å². The van der Waals surface area contributed by atoms with Crippen LogP contribution in [-0.4, -0.2) is 81.6 Å². The maximum absolute atomic E-state index is 13.0. The molecule has 1 aliphatic heterocycles. The summed E-state index contributed by atoms with van der Waals surface area (Å²) in [6.07, 6.45) is -1.12. The Morgan fingerprint density at radius 2 is 1.72 bits per heavy atom. The first-order chi connectivity index (χ1) is 14.7. The van der Waals surface area contributed by atoms with Gasteiger partial charge in [-0.25, -0.2) is 9.55 Å². The third-order valence-electron chi connectivity index (χ3n) is 5.76. The van der Waals surface area contributed by atoms with Crippen molar-refractivity contribution in [2.45, 2.75) is 50.7 Å². The van der Waals surface area contributed by atoms with Gasteiger partial charge in [-0.2, -0.15) is 4.98 Å². The maximum Gasteiger partial charge on any atom is 0.289 e. The number of nitrogens with two attached hydrogens (primary N) is 1. The Bertz CT molecular complexity index is 1250. The number of ether oxygens (including phenoxy) is 1. The Balaban J connectivity index is 2.52. The van der Waals surface area contributed by atoms with Crippen molar-refractivity contribution in [1.82, 2.24) is 19.1 Å². The van der Waals surface area contributed by atoms with Crippen molar-refractivity contribution in [2.24, 2.45) is 0 Å². The molecule has 1 fully saturated rings. The molecule has 3 rings (SSSR count). The standard InChI is InChI=1S/C18H21N5O9/c1-7(25)16(30)11(5-24)32-18(9(3)27,17(16,31)8(2)26)22-6-20-12-13(22)21-15(19)23(10(4)28)14(12)29/h6,11,24,30-31H,5H2,1-4H3,(H2,19,21)/t11-,16-,17-,18-/m1/s1. The van der Waals surface area contributed by atoms with Gasteiger partial charge in [0.15, 0.2) is 34.1 Å². The summed E-state index contributed by atoms with van der Waals surface area (Å²) in [6.45, 7) is 2.51. The smallest absolute Gasteiger partial charge is 0.289 e. The Labute approximate surface area is 179 Å². The molecular formula is C18H21N5O9. The Kier molecular flexibility index (Phi) is 5.17. The fourth-order valence-corrected chi connectivity index (χ4v) is 4.27. The van der Waals surface area contributed by atoms with Gasteiger partial charge in [-0.1, -0.05) is 0 Å². The number of fused-ring (bicyclic) bond motifs is 1. The van der Waals surface area contributed by atoms with Gasteiger partial charge in [-0.05, 0) is 20.8 Å². The Hall–Kier alpha value is -3.33. The number of aromatic nitrogens is 4. The van der Waals surface area contributed by atoms with Gasteiger partial charge in [0.2, 0.25) is 23.2 Å². The topological polar surface area (TPSA) is 217 Å². The lowest BCUT2D eigenvalue weighted by Crippen LogP contribution is -2.72. The summed E-state index contributed by atoms with van der Waals surface area (Å²) in [6, 6.07) is 0. The van der Waals surface area contributed by atoms with Crippen molar-refractivity contribution in [3.05, 3.63) is 16.7 Å². The second kappa shape index (κ2) is 7.09. The van der Waals surface area contributed by atoms with Crippen LogP contribution >= 0.6 is 0 Å². The molecule has 14 heteroatoms. The first-order valence-corrected chi connectivity index (χ1v) is 9.26. The first kappa shape index (κ1) is 23.3. The number of hydrogen-bond acceptors (Lipinski definition) is 12. The summed E-state index contributed by atoms with van der Waals surface area (Å²) in [4.78, 5) is 70.2. The van der Waals surface area contributed by atoms with Crippen molar-refractivity contribution >= 4 is 40.4 Å². The number of carbonyl (C=O) groups excluding carboxylic acids is 4. The lowest BCUT2D eigenvalue weighted by molar-refractivity contribution is -0.206. The largest absolute Gasteiger partial charge is 0.394 e. The Morgan fingerprint density at radius 3 is 2.16 bits per heavy atom. The maximum atomic E-state index is 13.0. The molecule has 2 aromatic heterocycles. The molecule has 0 saturated carbocycles. The van der Waals surface area contributed by atoms with E-state index in [0.29, 0.717) is 9.13 Å². The van der Waals surface area contributed by atoms with Crippen LogP contribution < -0.4 is 11.3 Å². The average molecular weight is 451 g/mol. The number of nitrogen functional groups attached to an aromatic ring is 1. The summed E-state index contributed by atoms with van der Waals surface area (Å²) in [5, 5.41) is 32.4. The molecule has 0 aliphatic carbocycles. The zero-order valence-electron chi connectivity index (χ0n) is 17.5. The van der Waals surface area contributed by atoms with E-state index in [4.69, 9.17) is 10.5 Å². The van der Waals surface area contributed by atoms with Crippen molar-refractivity contribution in [2.75, 3.05) is 12.3 Å². The molecule has 0 spiro atoms. The number of Topliss-reactive ketones (excluding diaryl/α,β-unsaturated/α-hetero) is 3. The normalized spacial score (nSPS) is 29.9. The highest BCUT2D eigenvalue weighted by Crippen LogP contribution is 2.52. The van der Waals surface area contributed by atoms with Gasteiger partial charge in [0.1, 0.15) is 12.4 Å². The zero-order valence-corrected chi connectivity index (χ0v) is 17.5. The first-order valence-electron chi connectivity index (χ1n) is 9.26. The van der Waals surface area contributed by atoms with Gasteiger partial charge in [0.05, 0.1) is 6.61 Å². The molecule has 0 amide bonds. The van der Waals surface area contributed by atoms with E-state index < -0.39 is 75.6 Å². The van der Waals surface area contributed by atoms with E-state index in [2.05, 4.69) is 9.97 Å². The minimum atomic E-state index is -3.27. The van der Waals surface area contributed by atoms with Crippen LogP contribution in [0.25, 0.3) is 11.2 Å². The Morgan fingerprint density at radius 1 is 1.12 bits per heavy atom. The number of nitrogens with zero attached hydrogens (tertiary/aromatic N) is 4. The molecule has 172 valence electrons. The minimum absolute atomic E-state index is 0.482. The summed E-state index contributed by atoms with van der Waals surface area (Å²) in [5.41, 5.74) is -5.48. The second-order valence-electron chi connectivity index (χ2n) is 7.49. The predicted octanol–water partition coefficient (Wildman–Crippen LogP) is -2.89. The third-order valence-corrected chi connectivity index (χ3v) is 5.76. The number of carbonyl (C=O) groups is 4. The molecule has 0 radical (unpaired) electrons. The number of aliphatic hydroxyl groups excluding tert-OH is 1. The van der Waals surface area contributed by atoms with Crippen molar-refractivity contribution in [1.29, 1.82) is 0 Å². The van der Waals surface area contributed by atoms with Gasteiger partial charge < -0.3 is 25.8 Å². The number of aliphatic hydroxyl groups is 3. The van der Waals surface area contributed by atoms with Gasteiger partial charge in [-0.15, -0.1) is 0 Å². The summed E-state index contributed by atoms with van der Waals surface area (Å²) < 4.78 is 6.74. The van der Waals surface area contributed by atoms with Crippen LogP contribution in [0.3, 0.4) is 0 Å². The molecule has 2 aromatic rings. The fraction of sp³-hybridized carbons (Fsp3) is 0.500. The SMILES string of the molecule is CC(=O)n1c(N)nc2c(ncn2[C@]2(C(C)=O)O[C@H](CO)[C@](O)(C(C)=O)[C@]2(O)C(C)=O)c1=O. The van der Waals surface area contributed by atoms with Crippen LogP contribution in [0.4, 0.5) is 5.95 Å². The van der Waals surface area contributed by atoms with Crippen LogP contribution in [0.1, 0.15) is 32.5 Å². The molecule has 0 aromatic carbocycles. The molecule has 32 heavy (non-hydrogen) atoms. The second-order valence-corrected chi connectivity index (χ2v) is 7.49. The molecule has 3 heterocycles. The summed E-state index contributed by atoms with van der Waals surface area (Å²) in [5.74, 6) is -4.90. The van der Waals surface area contributed by atoms with E-state index in [0.717, 1.165) is 34.0 Å². The monoisotopic (exact) mass is 451 g/mol. The van der Waals surface area contributed by atoms with Gasteiger partial charge in [0, 0.05) is 6.92 Å². The molecule has 4 atom stereocenters. The van der Waals surface area contributed by atoms with E-state index in [-0.39, 0.29) is 0 Å². The number of rotatable bonds is 5. The molecule has 0 bridgehead atoms. The summed E-state index contributed by atoms with van der Waals surface area (Å²) >= 11 is 0. The average Bonchev–Trinajstić information content (AvgIpc) is 3.19. The quantitative estimate of drug-likeness (QED) is 0.360. The van der Waals surface area contributed by atoms with Crippen LogP contribution in [0.2, 0.25) is 0 Å². The minimum Gasteiger partial charge on any atom is -0.394 e. The van der Waals surface area contributed by atoms with E-state index in [1.807, 2.05) is 0 Å². The lowest BCUT2D eigenvalue weighted by Gasteiger charge is -2.42. The molecular weight excluding hydrogens is 430 g/mol. The number of ketones is 3.